The Hall–Kier alpha value is -1.78. The van der Waals surface area contributed by atoms with Gasteiger partial charge in [-0.1, -0.05) is 0 Å². The SMILES string of the molecule is O=C1CC(c2cnccn2)CC(=O)O1. The summed E-state index contributed by atoms with van der Waals surface area (Å²) in [6, 6.07) is 0. The van der Waals surface area contributed by atoms with Crippen LogP contribution in [0.4, 0.5) is 0 Å². The van der Waals surface area contributed by atoms with Crippen LogP contribution < -0.4 is 0 Å². The molecule has 0 aliphatic carbocycles. The summed E-state index contributed by atoms with van der Waals surface area (Å²) in [5.74, 6) is -1.16. The number of esters is 2. The normalized spacial score (nSPS) is 18.0. The molecule has 0 aromatic carbocycles. The van der Waals surface area contributed by atoms with Gasteiger partial charge >= 0.3 is 11.9 Å². The maximum absolute atomic E-state index is 11.0. The van der Waals surface area contributed by atoms with Crippen LogP contribution in [0.5, 0.6) is 0 Å². The molecule has 0 N–H and O–H groups in total. The Morgan fingerprint density at radius 3 is 2.50 bits per heavy atom. The molecule has 2 heterocycles. The maximum Gasteiger partial charge on any atom is 0.314 e. The summed E-state index contributed by atoms with van der Waals surface area (Å²) >= 11 is 0. The summed E-state index contributed by atoms with van der Waals surface area (Å²) in [5.41, 5.74) is 0.664. The predicted octanol–water partition coefficient (Wildman–Crippen LogP) is 0.424. The van der Waals surface area contributed by atoms with Gasteiger partial charge in [0.2, 0.25) is 0 Å². The van der Waals surface area contributed by atoms with E-state index in [1.54, 1.807) is 18.6 Å². The van der Waals surface area contributed by atoms with E-state index in [1.807, 2.05) is 0 Å². The first kappa shape index (κ1) is 8.80. The second-order valence-corrected chi connectivity index (χ2v) is 3.08. The van der Waals surface area contributed by atoms with Gasteiger partial charge in [0.05, 0.1) is 18.5 Å². The third-order valence-corrected chi connectivity index (χ3v) is 2.06. The molecule has 1 aliphatic rings. The Labute approximate surface area is 80.1 Å². The number of carbonyl (C=O) groups excluding carboxylic acids is 2. The second-order valence-electron chi connectivity index (χ2n) is 3.08. The number of carbonyl (C=O) groups is 2. The first-order chi connectivity index (χ1) is 6.75. The van der Waals surface area contributed by atoms with E-state index in [2.05, 4.69) is 14.7 Å². The molecule has 5 nitrogen and oxygen atoms in total. The summed E-state index contributed by atoms with van der Waals surface area (Å²) in [6.07, 6.45) is 5.05. The van der Waals surface area contributed by atoms with Crippen molar-refractivity contribution in [2.24, 2.45) is 0 Å². The van der Waals surface area contributed by atoms with Crippen molar-refractivity contribution in [1.29, 1.82) is 0 Å². The van der Waals surface area contributed by atoms with Gasteiger partial charge in [-0.3, -0.25) is 19.6 Å². The Balaban J connectivity index is 2.19. The maximum atomic E-state index is 11.0. The highest BCUT2D eigenvalue weighted by atomic mass is 16.6. The van der Waals surface area contributed by atoms with Crippen LogP contribution in [0, 0.1) is 0 Å². The van der Waals surface area contributed by atoms with E-state index in [0.29, 0.717) is 5.69 Å². The van der Waals surface area contributed by atoms with Crippen molar-refractivity contribution in [2.45, 2.75) is 18.8 Å². The van der Waals surface area contributed by atoms with E-state index in [1.165, 1.54) is 0 Å². The molecule has 0 bridgehead atoms. The van der Waals surface area contributed by atoms with Crippen molar-refractivity contribution in [3.05, 3.63) is 24.3 Å². The summed E-state index contributed by atoms with van der Waals surface area (Å²) in [5, 5.41) is 0. The van der Waals surface area contributed by atoms with Crippen molar-refractivity contribution in [2.75, 3.05) is 0 Å². The third kappa shape index (κ3) is 1.76. The van der Waals surface area contributed by atoms with E-state index < -0.39 is 11.9 Å². The molecule has 0 saturated carbocycles. The summed E-state index contributed by atoms with van der Waals surface area (Å²) in [4.78, 5) is 29.9. The number of nitrogens with zero attached hydrogens (tertiary/aromatic N) is 2. The Bertz CT molecular complexity index is 348. The van der Waals surface area contributed by atoms with E-state index in [-0.39, 0.29) is 18.8 Å². The van der Waals surface area contributed by atoms with Gasteiger partial charge in [0.1, 0.15) is 0 Å². The number of rotatable bonds is 1. The lowest BCUT2D eigenvalue weighted by Gasteiger charge is -2.18. The van der Waals surface area contributed by atoms with Crippen LogP contribution in [0.15, 0.2) is 18.6 Å². The van der Waals surface area contributed by atoms with Crippen LogP contribution in [-0.4, -0.2) is 21.9 Å². The molecular weight excluding hydrogens is 184 g/mol. The number of ether oxygens (including phenoxy) is 1. The molecule has 0 spiro atoms. The minimum absolute atomic E-state index is 0.183. The lowest BCUT2D eigenvalue weighted by atomic mass is 9.96. The topological polar surface area (TPSA) is 69.2 Å². The molecule has 1 aliphatic heterocycles. The Morgan fingerprint density at radius 2 is 1.93 bits per heavy atom. The van der Waals surface area contributed by atoms with Crippen LogP contribution in [0.25, 0.3) is 0 Å². The average Bonchev–Trinajstić information content (AvgIpc) is 2.18. The lowest BCUT2D eigenvalue weighted by molar-refractivity contribution is -0.164. The van der Waals surface area contributed by atoms with E-state index >= 15 is 0 Å². The van der Waals surface area contributed by atoms with Gasteiger partial charge in [-0.05, 0) is 0 Å². The molecule has 2 rings (SSSR count). The van der Waals surface area contributed by atoms with Crippen LogP contribution in [0.3, 0.4) is 0 Å². The molecule has 0 radical (unpaired) electrons. The number of hydrogen-bond acceptors (Lipinski definition) is 5. The van der Waals surface area contributed by atoms with Crippen molar-refractivity contribution in [3.8, 4) is 0 Å². The van der Waals surface area contributed by atoms with E-state index in [9.17, 15) is 9.59 Å². The zero-order valence-electron chi connectivity index (χ0n) is 7.34. The minimum Gasteiger partial charge on any atom is -0.393 e. The van der Waals surface area contributed by atoms with Crippen LogP contribution >= 0.6 is 0 Å². The monoisotopic (exact) mass is 192 g/mol. The van der Waals surface area contributed by atoms with Crippen LogP contribution in [0.1, 0.15) is 24.5 Å². The second kappa shape index (κ2) is 3.53. The first-order valence-electron chi connectivity index (χ1n) is 4.25. The standard InChI is InChI=1S/C9H8N2O3/c12-8-3-6(4-9(13)14-8)7-5-10-1-2-11-7/h1-2,5-6H,3-4H2. The molecule has 0 amide bonds. The zero-order valence-corrected chi connectivity index (χ0v) is 7.34. The fourth-order valence-electron chi connectivity index (χ4n) is 1.42. The van der Waals surface area contributed by atoms with Gasteiger partial charge in [0, 0.05) is 24.5 Å². The third-order valence-electron chi connectivity index (χ3n) is 2.06. The highest BCUT2D eigenvalue weighted by Gasteiger charge is 2.29. The lowest BCUT2D eigenvalue weighted by Crippen LogP contribution is -2.24. The highest BCUT2D eigenvalue weighted by molar-refractivity contribution is 5.89. The van der Waals surface area contributed by atoms with E-state index in [0.717, 1.165) is 0 Å². The number of hydrogen-bond donors (Lipinski definition) is 0. The van der Waals surface area contributed by atoms with Gasteiger partial charge in [-0.2, -0.15) is 0 Å². The first-order valence-corrected chi connectivity index (χ1v) is 4.25. The predicted molar refractivity (Wildman–Crippen MR) is 45.1 cm³/mol. The smallest absolute Gasteiger partial charge is 0.314 e. The van der Waals surface area contributed by atoms with Crippen molar-refractivity contribution in [3.63, 3.8) is 0 Å². The molecule has 14 heavy (non-hydrogen) atoms. The molecule has 0 unspecified atom stereocenters. The fourth-order valence-corrected chi connectivity index (χ4v) is 1.42. The average molecular weight is 192 g/mol. The molecule has 1 saturated heterocycles. The quantitative estimate of drug-likeness (QED) is 0.476. The highest BCUT2D eigenvalue weighted by Crippen LogP contribution is 2.25. The molecule has 72 valence electrons. The molecule has 1 aromatic rings. The Morgan fingerprint density at radius 1 is 1.21 bits per heavy atom. The zero-order chi connectivity index (χ0) is 9.97. The summed E-state index contributed by atoms with van der Waals surface area (Å²) in [6.45, 7) is 0. The molecule has 1 aromatic heterocycles. The summed E-state index contributed by atoms with van der Waals surface area (Å²) < 4.78 is 4.41. The van der Waals surface area contributed by atoms with Gasteiger partial charge < -0.3 is 4.74 Å². The van der Waals surface area contributed by atoms with Gasteiger partial charge in [-0.15, -0.1) is 0 Å². The van der Waals surface area contributed by atoms with Crippen LogP contribution in [-0.2, 0) is 14.3 Å². The van der Waals surface area contributed by atoms with Crippen molar-refractivity contribution in [1.82, 2.24) is 9.97 Å². The fraction of sp³-hybridized carbons (Fsp3) is 0.333. The van der Waals surface area contributed by atoms with E-state index in [4.69, 9.17) is 0 Å². The van der Waals surface area contributed by atoms with Crippen LogP contribution in [0.2, 0.25) is 0 Å². The van der Waals surface area contributed by atoms with Gasteiger partial charge in [0.25, 0.3) is 0 Å². The molecule has 0 atom stereocenters. The van der Waals surface area contributed by atoms with Gasteiger partial charge in [0.15, 0.2) is 0 Å². The molecular formula is C9H8N2O3. The van der Waals surface area contributed by atoms with Crippen molar-refractivity contribution < 1.29 is 14.3 Å². The molecule has 1 fully saturated rings. The van der Waals surface area contributed by atoms with Gasteiger partial charge in [-0.25, -0.2) is 0 Å². The number of cyclic esters (lactones) is 2. The Kier molecular flexibility index (Phi) is 2.22. The van der Waals surface area contributed by atoms with Crippen molar-refractivity contribution >= 4 is 11.9 Å². The number of aromatic nitrogens is 2. The summed E-state index contributed by atoms with van der Waals surface area (Å²) in [7, 11) is 0. The minimum atomic E-state index is -0.489. The molecule has 5 heteroatoms. The largest absolute Gasteiger partial charge is 0.393 e.